The van der Waals surface area contributed by atoms with Crippen LogP contribution in [0.5, 0.6) is 5.75 Å². The van der Waals surface area contributed by atoms with Gasteiger partial charge in [0.2, 0.25) is 0 Å². The maximum absolute atomic E-state index is 5.98. The number of ether oxygens (including phenoxy) is 1. The minimum Gasteiger partial charge on any atom is -0.491 e. The zero-order chi connectivity index (χ0) is 17.8. The Bertz CT molecular complexity index is 716. The molecule has 4 nitrogen and oxygen atoms in total. The molecule has 0 bridgehead atoms. The van der Waals surface area contributed by atoms with Crippen LogP contribution in [0.2, 0.25) is 0 Å². The van der Waals surface area contributed by atoms with Crippen molar-refractivity contribution in [3.8, 4) is 17.0 Å². The van der Waals surface area contributed by atoms with E-state index in [1.807, 2.05) is 0 Å². The highest BCUT2D eigenvalue weighted by Gasteiger charge is 2.14. The van der Waals surface area contributed by atoms with Crippen molar-refractivity contribution in [2.45, 2.75) is 39.7 Å². The first kappa shape index (κ1) is 23.5. The van der Waals surface area contributed by atoms with Crippen LogP contribution in [0.3, 0.4) is 0 Å². The van der Waals surface area contributed by atoms with Crippen molar-refractivity contribution in [1.29, 1.82) is 0 Å². The number of nitrogens with zero attached hydrogens (tertiary/aromatic N) is 2. The van der Waals surface area contributed by atoms with Gasteiger partial charge in [0.05, 0.1) is 11.8 Å². The number of piperazine rings is 1. The molecule has 2 heterocycles. The largest absolute Gasteiger partial charge is 0.491 e. The summed E-state index contributed by atoms with van der Waals surface area (Å²) in [7, 11) is 0. The Balaban J connectivity index is 0.00000182. The van der Waals surface area contributed by atoms with Crippen LogP contribution in [0.1, 0.15) is 39.2 Å². The van der Waals surface area contributed by atoms with E-state index in [9.17, 15) is 0 Å². The number of benzene rings is 1. The number of hydrogen-bond donors (Lipinski definition) is 1. The predicted octanol–water partition coefficient (Wildman–Crippen LogP) is 4.91. The first-order valence-electron chi connectivity index (χ1n) is 9.28. The molecule has 0 amide bonds. The second-order valence-electron chi connectivity index (χ2n) is 7.19. The normalized spacial score (nSPS) is 13.9. The first-order chi connectivity index (χ1) is 12.0. The molecule has 0 spiro atoms. The van der Waals surface area contributed by atoms with Gasteiger partial charge in [-0.05, 0) is 55.7 Å². The van der Waals surface area contributed by atoms with Crippen LogP contribution < -0.4 is 15.0 Å². The zero-order valence-electron chi connectivity index (χ0n) is 16.6. The summed E-state index contributed by atoms with van der Waals surface area (Å²) in [4.78, 5) is 7.26. The molecule has 1 aromatic heterocycles. The smallest absolute Gasteiger partial charge is 0.129 e. The van der Waals surface area contributed by atoms with Crippen molar-refractivity contribution in [1.82, 2.24) is 10.3 Å². The van der Waals surface area contributed by atoms with Crippen LogP contribution >= 0.6 is 24.8 Å². The van der Waals surface area contributed by atoms with Crippen LogP contribution in [-0.2, 0) is 0 Å². The van der Waals surface area contributed by atoms with Crippen molar-refractivity contribution in [2.75, 3.05) is 31.1 Å². The third-order valence-electron chi connectivity index (χ3n) is 4.47. The van der Waals surface area contributed by atoms with Crippen LogP contribution in [0, 0.1) is 0 Å². The third-order valence-corrected chi connectivity index (χ3v) is 4.47. The van der Waals surface area contributed by atoms with E-state index in [0.717, 1.165) is 49.0 Å². The monoisotopic (exact) mass is 411 g/mol. The van der Waals surface area contributed by atoms with Crippen molar-refractivity contribution in [2.24, 2.45) is 0 Å². The molecule has 1 aliphatic heterocycles. The summed E-state index contributed by atoms with van der Waals surface area (Å²) in [6.45, 7) is 12.6. The molecule has 3 rings (SSSR count). The molecule has 0 aliphatic carbocycles. The number of pyridine rings is 1. The molecule has 1 N–H and O–H groups in total. The van der Waals surface area contributed by atoms with Gasteiger partial charge in [-0.25, -0.2) is 4.98 Å². The van der Waals surface area contributed by atoms with Gasteiger partial charge in [0.15, 0.2) is 0 Å². The Kier molecular flexibility index (Phi) is 9.37. The molecule has 0 unspecified atom stereocenters. The molecule has 2 aromatic rings. The molecule has 1 fully saturated rings. The molecule has 0 atom stereocenters. The number of halogens is 2. The molecule has 0 saturated carbocycles. The fourth-order valence-electron chi connectivity index (χ4n) is 3.17. The van der Waals surface area contributed by atoms with E-state index in [2.05, 4.69) is 74.3 Å². The maximum Gasteiger partial charge on any atom is 0.129 e. The van der Waals surface area contributed by atoms with E-state index in [-0.39, 0.29) is 30.9 Å². The summed E-state index contributed by atoms with van der Waals surface area (Å²) in [5, 5.41) is 3.39. The van der Waals surface area contributed by atoms with Crippen molar-refractivity contribution in [3.05, 3.63) is 42.0 Å². The predicted molar refractivity (Wildman–Crippen MR) is 119 cm³/mol. The summed E-state index contributed by atoms with van der Waals surface area (Å²) in [6, 6.07) is 12.7. The Labute approximate surface area is 175 Å². The Morgan fingerprint density at radius 1 is 1.00 bits per heavy atom. The highest BCUT2D eigenvalue weighted by atomic mass is 35.5. The van der Waals surface area contributed by atoms with Gasteiger partial charge in [0.25, 0.3) is 0 Å². The molecule has 1 saturated heterocycles. The summed E-state index contributed by atoms with van der Waals surface area (Å²) >= 11 is 0. The lowest BCUT2D eigenvalue weighted by atomic mass is 9.98. The van der Waals surface area contributed by atoms with Gasteiger partial charge in [0.1, 0.15) is 11.6 Å². The molecule has 150 valence electrons. The van der Waals surface area contributed by atoms with E-state index in [4.69, 9.17) is 9.72 Å². The minimum atomic E-state index is 0. The molecule has 27 heavy (non-hydrogen) atoms. The van der Waals surface area contributed by atoms with Gasteiger partial charge in [-0.2, -0.15) is 0 Å². The lowest BCUT2D eigenvalue weighted by Gasteiger charge is -2.28. The fraction of sp³-hybridized carbons (Fsp3) is 0.476. The summed E-state index contributed by atoms with van der Waals surface area (Å²) in [5.74, 6) is 2.45. The van der Waals surface area contributed by atoms with Crippen LogP contribution in [0.25, 0.3) is 11.3 Å². The van der Waals surface area contributed by atoms with Crippen molar-refractivity contribution >= 4 is 30.6 Å². The van der Waals surface area contributed by atoms with Crippen LogP contribution in [0.4, 0.5) is 5.82 Å². The number of anilines is 1. The highest BCUT2D eigenvalue weighted by molar-refractivity contribution is 5.85. The quantitative estimate of drug-likeness (QED) is 0.757. The second-order valence-corrected chi connectivity index (χ2v) is 7.19. The fourth-order valence-corrected chi connectivity index (χ4v) is 3.17. The average molecular weight is 412 g/mol. The maximum atomic E-state index is 5.98. The number of nitrogens with one attached hydrogen (secondary N) is 1. The van der Waals surface area contributed by atoms with Gasteiger partial charge < -0.3 is 15.0 Å². The van der Waals surface area contributed by atoms with Gasteiger partial charge in [-0.3, -0.25) is 0 Å². The van der Waals surface area contributed by atoms with Gasteiger partial charge in [-0.1, -0.05) is 19.9 Å². The van der Waals surface area contributed by atoms with Gasteiger partial charge >= 0.3 is 0 Å². The lowest BCUT2D eigenvalue weighted by molar-refractivity contribution is 0.239. The summed E-state index contributed by atoms with van der Waals surface area (Å²) in [6.07, 6.45) is 0.178. The molecular formula is C21H31Cl2N3O. The number of hydrogen-bond acceptors (Lipinski definition) is 4. The van der Waals surface area contributed by atoms with Gasteiger partial charge in [-0.15, -0.1) is 24.8 Å². The summed E-state index contributed by atoms with van der Waals surface area (Å²) < 4.78 is 5.98. The molecule has 6 heteroatoms. The number of rotatable bonds is 5. The van der Waals surface area contributed by atoms with Crippen LogP contribution in [-0.4, -0.2) is 37.3 Å². The number of aromatic nitrogens is 1. The van der Waals surface area contributed by atoms with E-state index in [1.54, 1.807) is 0 Å². The van der Waals surface area contributed by atoms with Crippen LogP contribution in [0.15, 0.2) is 36.4 Å². The Morgan fingerprint density at radius 2 is 1.70 bits per heavy atom. The molecule has 1 aromatic carbocycles. The summed E-state index contributed by atoms with van der Waals surface area (Å²) in [5.41, 5.74) is 3.41. The highest BCUT2D eigenvalue weighted by Crippen LogP contribution is 2.32. The van der Waals surface area contributed by atoms with Crippen molar-refractivity contribution < 1.29 is 4.74 Å². The standard InChI is InChI=1S/C21H29N3O.2ClH/c1-15(2)18-14-17(8-9-20(18)25-16(3)4)19-6-5-7-21(23-19)24-12-10-22-11-13-24;;/h5-9,14-16,22H,10-13H2,1-4H3;2*1H. The molecular weight excluding hydrogens is 381 g/mol. The lowest BCUT2D eigenvalue weighted by Crippen LogP contribution is -2.43. The molecule has 1 aliphatic rings. The van der Waals surface area contributed by atoms with E-state index in [0.29, 0.717) is 5.92 Å². The topological polar surface area (TPSA) is 37.4 Å². The zero-order valence-corrected chi connectivity index (χ0v) is 18.2. The Hall–Kier alpha value is -1.49. The van der Waals surface area contributed by atoms with Gasteiger partial charge in [0, 0.05) is 31.7 Å². The first-order valence-corrected chi connectivity index (χ1v) is 9.28. The van der Waals surface area contributed by atoms with Crippen molar-refractivity contribution in [3.63, 3.8) is 0 Å². The SMILES string of the molecule is CC(C)Oc1ccc(-c2cccc(N3CCNCC3)n2)cc1C(C)C.Cl.Cl. The van der Waals surface area contributed by atoms with E-state index in [1.165, 1.54) is 5.56 Å². The minimum absolute atomic E-state index is 0. The van der Waals surface area contributed by atoms with E-state index < -0.39 is 0 Å². The van der Waals surface area contributed by atoms with E-state index >= 15 is 0 Å². The second kappa shape index (κ2) is 10.7. The third kappa shape index (κ3) is 6.00. The Morgan fingerprint density at radius 3 is 2.33 bits per heavy atom. The average Bonchev–Trinajstić information content (AvgIpc) is 2.62. The molecule has 0 radical (unpaired) electrons.